The van der Waals surface area contributed by atoms with E-state index < -0.39 is 8.80 Å². The lowest BCUT2D eigenvalue weighted by Gasteiger charge is -2.20. The van der Waals surface area contributed by atoms with E-state index >= 15 is 0 Å². The highest BCUT2D eigenvalue weighted by molar-refractivity contribution is 6.73. The molecule has 0 atom stereocenters. The molecule has 1 aromatic heterocycles. The van der Waals surface area contributed by atoms with Crippen LogP contribution in [0.1, 0.15) is 19.3 Å². The molecule has 1 radical (unpaired) electrons. The van der Waals surface area contributed by atoms with Crippen molar-refractivity contribution in [1.82, 2.24) is 4.98 Å². The van der Waals surface area contributed by atoms with Crippen LogP contribution in [0.5, 0.6) is 5.75 Å². The Hall–Kier alpha value is -0.833. The summed E-state index contributed by atoms with van der Waals surface area (Å²) >= 11 is 0. The van der Waals surface area contributed by atoms with E-state index in [9.17, 15) is 0 Å². The first-order valence-corrected chi connectivity index (χ1v) is 7.17. The van der Waals surface area contributed by atoms with Gasteiger partial charge >= 0.3 is 0 Å². The Balaban J connectivity index is 2.20. The zero-order chi connectivity index (χ0) is 9.80. The Bertz CT molecular complexity index is 297. The van der Waals surface area contributed by atoms with Crippen molar-refractivity contribution < 1.29 is 4.74 Å². The van der Waals surface area contributed by atoms with E-state index in [1.165, 1.54) is 36.7 Å². The van der Waals surface area contributed by atoms with Gasteiger partial charge in [-0.3, -0.25) is 4.98 Å². The number of methoxy groups -OCH3 is 1. The third kappa shape index (κ3) is 1.98. The van der Waals surface area contributed by atoms with Crippen LogP contribution in [0.3, 0.4) is 0 Å². The molecule has 0 saturated carbocycles. The average molecular weight is 206 g/mol. The molecule has 0 aromatic carbocycles. The fraction of sp³-hybridized carbons (Fsp3) is 0.545. The van der Waals surface area contributed by atoms with Crippen LogP contribution in [0.4, 0.5) is 0 Å². The molecule has 2 rings (SSSR count). The van der Waals surface area contributed by atoms with Gasteiger partial charge in [-0.1, -0.05) is 31.4 Å². The fourth-order valence-corrected chi connectivity index (χ4v) is 4.90. The molecule has 14 heavy (non-hydrogen) atoms. The summed E-state index contributed by atoms with van der Waals surface area (Å²) in [6, 6.07) is 6.73. The van der Waals surface area contributed by atoms with E-state index in [4.69, 9.17) is 4.74 Å². The fourth-order valence-electron chi connectivity index (χ4n) is 2.04. The van der Waals surface area contributed by atoms with Crippen molar-refractivity contribution >= 4 is 14.1 Å². The largest absolute Gasteiger partial charge is 0.495 e. The van der Waals surface area contributed by atoms with E-state index in [2.05, 4.69) is 4.98 Å². The Morgan fingerprint density at radius 1 is 1.29 bits per heavy atom. The van der Waals surface area contributed by atoms with Crippen molar-refractivity contribution in [1.29, 1.82) is 0 Å². The second-order valence-electron chi connectivity index (χ2n) is 3.72. The van der Waals surface area contributed by atoms with Gasteiger partial charge in [-0.15, -0.1) is 0 Å². The number of aromatic nitrogens is 1. The molecule has 0 amide bonds. The van der Waals surface area contributed by atoms with Crippen LogP contribution in [0.25, 0.3) is 0 Å². The molecule has 1 aliphatic heterocycles. The summed E-state index contributed by atoms with van der Waals surface area (Å²) in [6.07, 6.45) is 6.06. The molecular formula is C11H16NOSi. The molecule has 0 spiro atoms. The van der Waals surface area contributed by atoms with Crippen LogP contribution in [-0.2, 0) is 0 Å². The van der Waals surface area contributed by atoms with Gasteiger partial charge in [0.15, 0.2) is 0 Å². The van der Waals surface area contributed by atoms with Gasteiger partial charge in [0, 0.05) is 6.20 Å². The van der Waals surface area contributed by atoms with E-state index in [0.29, 0.717) is 0 Å². The second kappa shape index (κ2) is 4.60. The number of ether oxygens (including phenoxy) is 1. The lowest BCUT2D eigenvalue weighted by Crippen LogP contribution is -2.35. The highest BCUT2D eigenvalue weighted by atomic mass is 28.3. The van der Waals surface area contributed by atoms with E-state index in [1.54, 1.807) is 7.11 Å². The minimum Gasteiger partial charge on any atom is -0.495 e. The summed E-state index contributed by atoms with van der Waals surface area (Å²) in [5.74, 6) is 1.00. The molecule has 2 nitrogen and oxygen atoms in total. The van der Waals surface area contributed by atoms with Crippen molar-refractivity contribution in [3.8, 4) is 5.75 Å². The van der Waals surface area contributed by atoms with E-state index in [0.717, 1.165) is 5.75 Å². The predicted molar refractivity (Wildman–Crippen MR) is 59.6 cm³/mol. The number of nitrogens with zero attached hydrogens (tertiary/aromatic N) is 1. The summed E-state index contributed by atoms with van der Waals surface area (Å²) in [4.78, 5) is 4.49. The summed E-state index contributed by atoms with van der Waals surface area (Å²) in [7, 11) is 1.34. The van der Waals surface area contributed by atoms with Gasteiger partial charge < -0.3 is 4.74 Å². The third-order valence-corrected chi connectivity index (χ3v) is 5.74. The monoisotopic (exact) mass is 206 g/mol. The van der Waals surface area contributed by atoms with Crippen molar-refractivity contribution in [2.45, 2.75) is 31.4 Å². The summed E-state index contributed by atoms with van der Waals surface area (Å²) in [6.45, 7) is 0. The molecule has 3 heteroatoms. The summed E-state index contributed by atoms with van der Waals surface area (Å²) < 4.78 is 5.36. The van der Waals surface area contributed by atoms with E-state index in [1.807, 2.05) is 18.3 Å². The van der Waals surface area contributed by atoms with Crippen molar-refractivity contribution in [3.05, 3.63) is 18.3 Å². The molecule has 1 saturated heterocycles. The van der Waals surface area contributed by atoms with Crippen molar-refractivity contribution in [2.24, 2.45) is 0 Å². The topological polar surface area (TPSA) is 22.1 Å². The maximum atomic E-state index is 5.36. The van der Waals surface area contributed by atoms with Gasteiger partial charge in [0.2, 0.25) is 0 Å². The maximum absolute atomic E-state index is 5.36. The van der Waals surface area contributed by atoms with Crippen LogP contribution < -0.4 is 10.1 Å². The average Bonchev–Trinajstić information content (AvgIpc) is 2.30. The molecule has 1 aromatic rings. The molecule has 1 fully saturated rings. The van der Waals surface area contributed by atoms with Crippen LogP contribution >= 0.6 is 0 Å². The Morgan fingerprint density at radius 3 is 2.79 bits per heavy atom. The first-order chi connectivity index (χ1) is 6.92. The lowest BCUT2D eigenvalue weighted by molar-refractivity contribution is 0.416. The van der Waals surface area contributed by atoms with Crippen molar-refractivity contribution in [3.63, 3.8) is 0 Å². The first-order valence-electron chi connectivity index (χ1n) is 5.26. The number of hydrogen-bond acceptors (Lipinski definition) is 2. The second-order valence-corrected chi connectivity index (χ2v) is 6.40. The molecule has 0 bridgehead atoms. The molecule has 0 unspecified atom stereocenters. The van der Waals surface area contributed by atoms with E-state index in [-0.39, 0.29) is 0 Å². The molecular weight excluding hydrogens is 190 g/mol. The standard InChI is InChI=1S/C11H16NOSi/c1-13-10-6-5-7-12-11(10)14-8-3-2-4-9-14/h5-7H,2-4,8-9H2,1H3. The summed E-state index contributed by atoms with van der Waals surface area (Å²) in [5, 5.41) is 1.26. The van der Waals surface area contributed by atoms with Gasteiger partial charge in [-0.2, -0.15) is 0 Å². The molecule has 0 N–H and O–H groups in total. The Labute approximate surface area is 86.9 Å². The highest BCUT2D eigenvalue weighted by Crippen LogP contribution is 2.20. The van der Waals surface area contributed by atoms with Gasteiger partial charge in [0.05, 0.1) is 12.4 Å². The minimum atomic E-state index is -0.404. The van der Waals surface area contributed by atoms with Crippen molar-refractivity contribution in [2.75, 3.05) is 7.11 Å². The molecule has 75 valence electrons. The van der Waals surface area contributed by atoms with Crippen LogP contribution in [0.15, 0.2) is 18.3 Å². The zero-order valence-electron chi connectivity index (χ0n) is 8.62. The smallest absolute Gasteiger partial charge is 0.135 e. The lowest BCUT2D eigenvalue weighted by atomic mass is 10.3. The van der Waals surface area contributed by atoms with Gasteiger partial charge in [0.1, 0.15) is 14.5 Å². The summed E-state index contributed by atoms with van der Waals surface area (Å²) in [5.41, 5.74) is 0. The third-order valence-electron chi connectivity index (χ3n) is 2.78. The van der Waals surface area contributed by atoms with Crippen LogP contribution in [-0.4, -0.2) is 20.9 Å². The molecule has 1 aliphatic rings. The Morgan fingerprint density at radius 2 is 2.07 bits per heavy atom. The first kappa shape index (κ1) is 9.71. The Kier molecular flexibility index (Phi) is 3.19. The van der Waals surface area contributed by atoms with Gasteiger partial charge in [0.25, 0.3) is 0 Å². The molecule has 0 aliphatic carbocycles. The van der Waals surface area contributed by atoms with Crippen LogP contribution in [0, 0.1) is 0 Å². The number of rotatable bonds is 2. The maximum Gasteiger partial charge on any atom is 0.135 e. The normalized spacial score (nSPS) is 18.1. The highest BCUT2D eigenvalue weighted by Gasteiger charge is 2.21. The SMILES string of the molecule is COc1cccnc1[Si]1CCCCC1. The number of hydrogen-bond donors (Lipinski definition) is 0. The van der Waals surface area contributed by atoms with Crippen LogP contribution in [0.2, 0.25) is 12.1 Å². The van der Waals surface area contributed by atoms with Gasteiger partial charge in [-0.25, -0.2) is 0 Å². The predicted octanol–water partition coefficient (Wildman–Crippen LogP) is 1.98. The number of pyridine rings is 1. The minimum absolute atomic E-state index is 0.404. The quantitative estimate of drug-likeness (QED) is 0.690. The molecule has 2 heterocycles. The van der Waals surface area contributed by atoms with Gasteiger partial charge in [-0.05, 0) is 12.1 Å². The zero-order valence-corrected chi connectivity index (χ0v) is 9.62.